The maximum Gasteiger partial charge on any atom is 0.167 e. The van der Waals surface area contributed by atoms with Crippen LogP contribution in [0.1, 0.15) is 25.2 Å². The second-order valence-electron chi connectivity index (χ2n) is 3.64. The van der Waals surface area contributed by atoms with Crippen molar-refractivity contribution in [3.63, 3.8) is 0 Å². The summed E-state index contributed by atoms with van der Waals surface area (Å²) >= 11 is 0. The van der Waals surface area contributed by atoms with Crippen LogP contribution in [-0.2, 0) is 23.0 Å². The van der Waals surface area contributed by atoms with Crippen LogP contribution in [0.15, 0.2) is 6.07 Å². The van der Waals surface area contributed by atoms with E-state index in [9.17, 15) is 4.79 Å². The molecule has 4 heteroatoms. The fraction of sp³-hybridized carbons (Fsp3) is 0.636. The van der Waals surface area contributed by atoms with Gasteiger partial charge in [-0.2, -0.15) is 5.10 Å². The first-order chi connectivity index (χ1) is 7.04. The van der Waals surface area contributed by atoms with Crippen molar-refractivity contribution < 1.29 is 9.53 Å². The Morgan fingerprint density at radius 3 is 2.80 bits per heavy atom. The molecule has 0 aliphatic rings. The van der Waals surface area contributed by atoms with E-state index in [0.29, 0.717) is 13.0 Å². The Morgan fingerprint density at radius 2 is 2.33 bits per heavy atom. The number of nitrogens with zero attached hydrogens (tertiary/aromatic N) is 2. The van der Waals surface area contributed by atoms with E-state index in [1.165, 1.54) is 0 Å². The number of ketones is 1. The third-order valence-electron chi connectivity index (χ3n) is 2.32. The molecule has 84 valence electrons. The molecule has 4 nitrogen and oxygen atoms in total. The quantitative estimate of drug-likeness (QED) is 0.735. The minimum absolute atomic E-state index is 0.0971. The van der Waals surface area contributed by atoms with E-state index in [1.54, 1.807) is 11.6 Å². The predicted octanol–water partition coefficient (Wildman–Crippen LogP) is 1.27. The molecule has 0 aromatic carbocycles. The van der Waals surface area contributed by atoms with E-state index >= 15 is 0 Å². The zero-order valence-corrected chi connectivity index (χ0v) is 9.78. The molecule has 1 aromatic heterocycles. The van der Waals surface area contributed by atoms with Gasteiger partial charge in [-0.3, -0.25) is 9.48 Å². The van der Waals surface area contributed by atoms with Crippen LogP contribution in [0.3, 0.4) is 0 Å². The van der Waals surface area contributed by atoms with Crippen molar-refractivity contribution in [2.24, 2.45) is 7.05 Å². The highest BCUT2D eigenvalue weighted by molar-refractivity contribution is 5.84. The Kier molecular flexibility index (Phi) is 4.03. The molecule has 0 amide bonds. The standard InChI is InChI=1S/C11H18N2O2/c1-5-15-9(3)11(14)7-10-6-8(2)12-13(10)4/h6,9H,5,7H2,1-4H3. The molecule has 0 aliphatic heterocycles. The zero-order valence-electron chi connectivity index (χ0n) is 9.78. The summed E-state index contributed by atoms with van der Waals surface area (Å²) in [5, 5.41) is 4.19. The van der Waals surface area contributed by atoms with Crippen molar-refractivity contribution >= 4 is 5.78 Å². The topological polar surface area (TPSA) is 44.1 Å². The van der Waals surface area contributed by atoms with E-state index < -0.39 is 0 Å². The van der Waals surface area contributed by atoms with Gasteiger partial charge in [-0.25, -0.2) is 0 Å². The molecule has 1 unspecified atom stereocenters. The van der Waals surface area contributed by atoms with Crippen LogP contribution in [0, 0.1) is 6.92 Å². The first-order valence-electron chi connectivity index (χ1n) is 5.18. The van der Waals surface area contributed by atoms with Crippen molar-refractivity contribution in [1.29, 1.82) is 0 Å². The summed E-state index contributed by atoms with van der Waals surface area (Å²) in [5.41, 5.74) is 1.87. The summed E-state index contributed by atoms with van der Waals surface area (Å²) in [6.07, 6.45) is 0.0589. The summed E-state index contributed by atoms with van der Waals surface area (Å²) in [7, 11) is 1.85. The second kappa shape index (κ2) is 5.07. The Morgan fingerprint density at radius 1 is 1.67 bits per heavy atom. The molecule has 0 saturated heterocycles. The Hall–Kier alpha value is -1.16. The maximum absolute atomic E-state index is 11.7. The summed E-state index contributed by atoms with van der Waals surface area (Å²) in [4.78, 5) is 11.7. The van der Waals surface area contributed by atoms with Crippen molar-refractivity contribution in [2.45, 2.75) is 33.3 Å². The van der Waals surface area contributed by atoms with Crippen LogP contribution in [0.4, 0.5) is 0 Å². The average Bonchev–Trinajstić information content (AvgIpc) is 2.45. The molecule has 0 spiro atoms. The molecule has 0 radical (unpaired) electrons. The molecule has 1 rings (SSSR count). The molecule has 1 aromatic rings. The highest BCUT2D eigenvalue weighted by atomic mass is 16.5. The van der Waals surface area contributed by atoms with Gasteiger partial charge < -0.3 is 4.74 Å². The zero-order chi connectivity index (χ0) is 11.4. The van der Waals surface area contributed by atoms with Crippen LogP contribution >= 0.6 is 0 Å². The number of carbonyl (C=O) groups is 1. The molecule has 0 N–H and O–H groups in total. The van der Waals surface area contributed by atoms with Crippen LogP contribution in [0.25, 0.3) is 0 Å². The van der Waals surface area contributed by atoms with Gasteiger partial charge in [0.25, 0.3) is 0 Å². The minimum Gasteiger partial charge on any atom is -0.371 e. The van der Waals surface area contributed by atoms with Crippen LogP contribution in [0.2, 0.25) is 0 Å². The van der Waals surface area contributed by atoms with Crippen molar-refractivity contribution in [3.8, 4) is 0 Å². The number of aromatic nitrogens is 2. The molecule has 15 heavy (non-hydrogen) atoms. The van der Waals surface area contributed by atoms with Gasteiger partial charge in [0.1, 0.15) is 6.10 Å². The fourth-order valence-electron chi connectivity index (χ4n) is 1.49. The lowest BCUT2D eigenvalue weighted by Crippen LogP contribution is -2.23. The van der Waals surface area contributed by atoms with Gasteiger partial charge in [-0.15, -0.1) is 0 Å². The van der Waals surface area contributed by atoms with Crippen LogP contribution in [-0.4, -0.2) is 28.3 Å². The molecule has 1 heterocycles. The van der Waals surface area contributed by atoms with E-state index in [-0.39, 0.29) is 11.9 Å². The first kappa shape index (κ1) is 11.9. The lowest BCUT2D eigenvalue weighted by Gasteiger charge is -2.09. The van der Waals surface area contributed by atoms with E-state index in [4.69, 9.17) is 4.74 Å². The molecule has 0 saturated carbocycles. The minimum atomic E-state index is -0.329. The SMILES string of the molecule is CCOC(C)C(=O)Cc1cc(C)nn1C. The number of ether oxygens (including phenoxy) is 1. The van der Waals surface area contributed by atoms with Gasteiger partial charge in [-0.1, -0.05) is 0 Å². The number of hydrogen-bond acceptors (Lipinski definition) is 3. The maximum atomic E-state index is 11.7. The van der Waals surface area contributed by atoms with Crippen LogP contribution < -0.4 is 0 Å². The number of hydrogen-bond donors (Lipinski definition) is 0. The molecular weight excluding hydrogens is 192 g/mol. The van der Waals surface area contributed by atoms with Gasteiger partial charge in [0.05, 0.1) is 12.1 Å². The second-order valence-corrected chi connectivity index (χ2v) is 3.64. The smallest absolute Gasteiger partial charge is 0.167 e. The number of aryl methyl sites for hydroxylation is 2. The van der Waals surface area contributed by atoms with Crippen molar-refractivity contribution in [1.82, 2.24) is 9.78 Å². The van der Waals surface area contributed by atoms with Gasteiger partial charge in [0.15, 0.2) is 5.78 Å². The Balaban J connectivity index is 2.62. The number of carbonyl (C=O) groups excluding carboxylic acids is 1. The summed E-state index contributed by atoms with van der Waals surface area (Å²) < 4.78 is 6.99. The van der Waals surface area contributed by atoms with E-state index in [2.05, 4.69) is 5.10 Å². The summed E-state index contributed by atoms with van der Waals surface area (Å²) in [5.74, 6) is 0.0971. The Labute approximate surface area is 90.2 Å². The van der Waals surface area contributed by atoms with E-state index in [1.807, 2.05) is 27.0 Å². The van der Waals surface area contributed by atoms with Crippen LogP contribution in [0.5, 0.6) is 0 Å². The van der Waals surface area contributed by atoms with Gasteiger partial charge in [0.2, 0.25) is 0 Å². The third-order valence-corrected chi connectivity index (χ3v) is 2.32. The fourth-order valence-corrected chi connectivity index (χ4v) is 1.49. The molecule has 1 atom stereocenters. The van der Waals surface area contributed by atoms with Crippen molar-refractivity contribution in [3.05, 3.63) is 17.5 Å². The lowest BCUT2D eigenvalue weighted by atomic mass is 10.1. The monoisotopic (exact) mass is 210 g/mol. The average molecular weight is 210 g/mol. The highest BCUT2D eigenvalue weighted by Gasteiger charge is 2.15. The first-order valence-corrected chi connectivity index (χ1v) is 5.18. The summed E-state index contributed by atoms with van der Waals surface area (Å²) in [6.45, 7) is 6.16. The van der Waals surface area contributed by atoms with Gasteiger partial charge >= 0.3 is 0 Å². The summed E-state index contributed by atoms with van der Waals surface area (Å²) in [6, 6.07) is 1.93. The highest BCUT2D eigenvalue weighted by Crippen LogP contribution is 2.05. The lowest BCUT2D eigenvalue weighted by molar-refractivity contribution is -0.128. The predicted molar refractivity (Wildman–Crippen MR) is 57.7 cm³/mol. The Bertz CT molecular complexity index is 344. The van der Waals surface area contributed by atoms with Gasteiger partial charge in [-0.05, 0) is 26.8 Å². The van der Waals surface area contributed by atoms with E-state index in [0.717, 1.165) is 11.4 Å². The normalized spacial score (nSPS) is 12.8. The molecule has 0 bridgehead atoms. The third kappa shape index (κ3) is 3.16. The molecule has 0 fully saturated rings. The largest absolute Gasteiger partial charge is 0.371 e. The van der Waals surface area contributed by atoms with Crippen molar-refractivity contribution in [2.75, 3.05) is 6.61 Å². The molecule has 0 aliphatic carbocycles. The number of rotatable bonds is 5. The number of Topliss-reactive ketones (excluding diaryl/α,β-unsaturated/α-hetero) is 1. The molecular formula is C11H18N2O2. The van der Waals surface area contributed by atoms with Gasteiger partial charge in [0, 0.05) is 19.3 Å².